The van der Waals surface area contributed by atoms with Gasteiger partial charge in [0.25, 0.3) is 0 Å². The fourth-order valence-electron chi connectivity index (χ4n) is 4.58. The molecule has 3 heterocycles. The molecule has 1 aliphatic heterocycles. The molecule has 3 aromatic rings. The average Bonchev–Trinajstić information content (AvgIpc) is 3.42. The van der Waals surface area contributed by atoms with Crippen LogP contribution in [0.2, 0.25) is 0 Å². The molecule has 2 aliphatic rings. The highest BCUT2D eigenvalue weighted by Gasteiger charge is 2.21. The molecule has 0 radical (unpaired) electrons. The van der Waals surface area contributed by atoms with Crippen LogP contribution in [0.4, 0.5) is 0 Å². The molecular formula is C26H30N2O3S. The Morgan fingerprint density at radius 2 is 2.16 bits per heavy atom. The molecule has 168 valence electrons. The molecule has 0 spiro atoms. The molecule has 0 bridgehead atoms. The van der Waals surface area contributed by atoms with Crippen molar-refractivity contribution in [3.05, 3.63) is 47.3 Å². The predicted molar refractivity (Wildman–Crippen MR) is 129 cm³/mol. The van der Waals surface area contributed by atoms with E-state index in [2.05, 4.69) is 31.0 Å². The molecular weight excluding hydrogens is 420 g/mol. The number of thiazole rings is 1. The minimum atomic E-state index is 0.467. The van der Waals surface area contributed by atoms with Crippen molar-refractivity contribution < 1.29 is 13.9 Å². The Bertz CT molecular complexity index is 1110. The molecule has 2 aromatic heterocycles. The number of oxazole rings is 1. The van der Waals surface area contributed by atoms with Gasteiger partial charge in [-0.15, -0.1) is 11.3 Å². The Balaban J connectivity index is 1.35. The molecule has 5 rings (SSSR count). The summed E-state index contributed by atoms with van der Waals surface area (Å²) in [4.78, 5) is 9.22. The molecule has 1 saturated heterocycles. The zero-order valence-corrected chi connectivity index (χ0v) is 19.6. The average molecular weight is 451 g/mol. The number of hydrogen-bond acceptors (Lipinski definition) is 6. The van der Waals surface area contributed by atoms with Gasteiger partial charge in [-0.3, -0.25) is 0 Å². The van der Waals surface area contributed by atoms with Gasteiger partial charge < -0.3 is 13.9 Å². The first-order valence-electron chi connectivity index (χ1n) is 11.6. The summed E-state index contributed by atoms with van der Waals surface area (Å²) in [6.45, 7) is 6.77. The molecule has 0 N–H and O–H groups in total. The van der Waals surface area contributed by atoms with Gasteiger partial charge in [0.2, 0.25) is 5.89 Å². The highest BCUT2D eigenvalue weighted by molar-refractivity contribution is 7.13. The number of fused-ring (bicyclic) bond motifs is 1. The SMILES string of the molecule is CCC1CCC(C/C=C/c2nc3cc(OCC4COC4)cc(-c4nccs4)c3o2)C=C1C. The topological polar surface area (TPSA) is 57.4 Å². The van der Waals surface area contributed by atoms with E-state index in [1.165, 1.54) is 19.3 Å². The largest absolute Gasteiger partial charge is 0.493 e. The van der Waals surface area contributed by atoms with Crippen LogP contribution in [0.25, 0.3) is 27.7 Å². The molecule has 1 aliphatic carbocycles. The lowest BCUT2D eigenvalue weighted by Gasteiger charge is -2.25. The van der Waals surface area contributed by atoms with E-state index in [1.54, 1.807) is 16.9 Å². The smallest absolute Gasteiger partial charge is 0.219 e. The number of aromatic nitrogens is 2. The third-order valence-corrected chi connectivity index (χ3v) is 7.36. The lowest BCUT2D eigenvalue weighted by atomic mass is 9.80. The summed E-state index contributed by atoms with van der Waals surface area (Å²) in [5.74, 6) is 3.27. The first-order valence-corrected chi connectivity index (χ1v) is 12.5. The van der Waals surface area contributed by atoms with Crippen molar-refractivity contribution in [3.63, 3.8) is 0 Å². The number of allylic oxidation sites excluding steroid dienone is 3. The highest BCUT2D eigenvalue weighted by Crippen LogP contribution is 2.36. The van der Waals surface area contributed by atoms with Crippen LogP contribution in [0, 0.1) is 17.8 Å². The maximum atomic E-state index is 6.16. The van der Waals surface area contributed by atoms with Gasteiger partial charge in [-0.1, -0.05) is 24.6 Å². The second-order valence-electron chi connectivity index (χ2n) is 8.91. The van der Waals surface area contributed by atoms with Crippen LogP contribution < -0.4 is 4.74 Å². The summed E-state index contributed by atoms with van der Waals surface area (Å²) in [6, 6.07) is 3.98. The normalized spacial score (nSPS) is 21.8. The number of hydrogen-bond donors (Lipinski definition) is 0. The Morgan fingerprint density at radius 1 is 1.25 bits per heavy atom. The first kappa shape index (κ1) is 21.4. The summed E-state index contributed by atoms with van der Waals surface area (Å²) in [7, 11) is 0. The number of benzene rings is 1. The second-order valence-corrected chi connectivity index (χ2v) is 9.81. The third kappa shape index (κ3) is 4.66. The molecule has 5 nitrogen and oxygen atoms in total. The second kappa shape index (κ2) is 9.59. The molecule has 0 amide bonds. The van der Waals surface area contributed by atoms with Crippen LogP contribution in [-0.2, 0) is 4.74 Å². The predicted octanol–water partition coefficient (Wildman–Crippen LogP) is 6.76. The third-order valence-electron chi connectivity index (χ3n) is 6.56. The summed E-state index contributed by atoms with van der Waals surface area (Å²) < 4.78 is 17.5. The summed E-state index contributed by atoms with van der Waals surface area (Å²) >= 11 is 1.59. The van der Waals surface area contributed by atoms with Gasteiger partial charge in [-0.05, 0) is 56.6 Å². The minimum Gasteiger partial charge on any atom is -0.493 e. The molecule has 1 fully saturated rings. The molecule has 6 heteroatoms. The quantitative estimate of drug-likeness (QED) is 0.355. The van der Waals surface area contributed by atoms with Crippen LogP contribution >= 0.6 is 11.3 Å². The fraction of sp³-hybridized carbons (Fsp3) is 0.462. The Hall–Kier alpha value is -2.44. The van der Waals surface area contributed by atoms with E-state index in [9.17, 15) is 0 Å². The maximum Gasteiger partial charge on any atom is 0.219 e. The van der Waals surface area contributed by atoms with E-state index in [4.69, 9.17) is 18.9 Å². The van der Waals surface area contributed by atoms with Crippen molar-refractivity contribution in [2.75, 3.05) is 19.8 Å². The van der Waals surface area contributed by atoms with Gasteiger partial charge in [-0.25, -0.2) is 9.97 Å². The highest BCUT2D eigenvalue weighted by atomic mass is 32.1. The van der Waals surface area contributed by atoms with E-state index in [0.29, 0.717) is 24.3 Å². The molecule has 1 aromatic carbocycles. The van der Waals surface area contributed by atoms with Crippen molar-refractivity contribution >= 4 is 28.5 Å². The standard InChI is InChI=1S/C26H30N2O3S/c1-3-20-8-7-18(11-17(20)2)5-4-6-24-28-23-13-21(30-16-19-14-29-15-19)12-22(25(23)31-24)26-27-9-10-32-26/h4,6,9-13,18-20H,3,5,7-8,14-16H2,1-2H3/b6-4+. The summed E-state index contributed by atoms with van der Waals surface area (Å²) in [5, 5.41) is 2.88. The molecule has 0 saturated carbocycles. The number of nitrogens with zero attached hydrogens (tertiary/aromatic N) is 2. The van der Waals surface area contributed by atoms with Crippen LogP contribution in [0.15, 0.2) is 45.9 Å². The van der Waals surface area contributed by atoms with Crippen LogP contribution in [-0.4, -0.2) is 29.8 Å². The lowest BCUT2D eigenvalue weighted by molar-refractivity contribution is -0.0508. The van der Waals surface area contributed by atoms with Gasteiger partial charge in [0, 0.05) is 23.6 Å². The first-order chi connectivity index (χ1) is 15.7. The van der Waals surface area contributed by atoms with E-state index in [1.807, 2.05) is 29.8 Å². The van der Waals surface area contributed by atoms with E-state index < -0.39 is 0 Å². The van der Waals surface area contributed by atoms with Gasteiger partial charge in [0.05, 0.1) is 25.4 Å². The van der Waals surface area contributed by atoms with Gasteiger partial charge in [-0.2, -0.15) is 0 Å². The number of ether oxygens (including phenoxy) is 2. The van der Waals surface area contributed by atoms with Gasteiger partial charge in [0.1, 0.15) is 16.3 Å². The summed E-state index contributed by atoms with van der Waals surface area (Å²) in [5.41, 5.74) is 4.04. The van der Waals surface area contributed by atoms with Crippen molar-refractivity contribution in [2.24, 2.45) is 17.8 Å². The van der Waals surface area contributed by atoms with E-state index in [0.717, 1.165) is 53.0 Å². The van der Waals surface area contributed by atoms with Gasteiger partial charge >= 0.3 is 0 Å². The van der Waals surface area contributed by atoms with Gasteiger partial charge in [0.15, 0.2) is 5.58 Å². The molecule has 32 heavy (non-hydrogen) atoms. The van der Waals surface area contributed by atoms with E-state index in [-0.39, 0.29) is 0 Å². The van der Waals surface area contributed by atoms with Crippen molar-refractivity contribution in [1.82, 2.24) is 9.97 Å². The van der Waals surface area contributed by atoms with Crippen molar-refractivity contribution in [1.29, 1.82) is 0 Å². The van der Waals surface area contributed by atoms with E-state index >= 15 is 0 Å². The maximum absolute atomic E-state index is 6.16. The fourth-order valence-corrected chi connectivity index (χ4v) is 5.23. The van der Waals surface area contributed by atoms with Crippen LogP contribution in [0.3, 0.4) is 0 Å². The molecule has 2 unspecified atom stereocenters. The minimum absolute atomic E-state index is 0.467. The summed E-state index contributed by atoms with van der Waals surface area (Å²) in [6.07, 6.45) is 13.3. The zero-order valence-electron chi connectivity index (χ0n) is 18.8. The lowest BCUT2D eigenvalue weighted by Crippen LogP contribution is -2.32. The Labute approximate surface area is 193 Å². The Kier molecular flexibility index (Phi) is 6.42. The zero-order chi connectivity index (χ0) is 21.9. The molecule has 2 atom stereocenters. The number of rotatable bonds is 8. The van der Waals surface area contributed by atoms with Crippen molar-refractivity contribution in [3.8, 4) is 16.3 Å². The van der Waals surface area contributed by atoms with Crippen LogP contribution in [0.5, 0.6) is 5.75 Å². The van der Waals surface area contributed by atoms with Crippen molar-refractivity contribution in [2.45, 2.75) is 39.5 Å². The van der Waals surface area contributed by atoms with Crippen LogP contribution in [0.1, 0.15) is 45.4 Å². The monoisotopic (exact) mass is 450 g/mol. The Morgan fingerprint density at radius 3 is 2.88 bits per heavy atom.